The van der Waals surface area contributed by atoms with E-state index < -0.39 is 0 Å². The SMILES string of the molecule is CCC(C)NC(=O)c1ccc(NC(=O)CNc2cccc(C(=O)NC(C)CC)c2)cc1. The molecule has 0 aliphatic rings. The maximum atomic E-state index is 12.3. The van der Waals surface area contributed by atoms with E-state index >= 15 is 0 Å². The molecule has 0 saturated heterocycles. The average molecular weight is 425 g/mol. The molecule has 0 radical (unpaired) electrons. The molecule has 7 nitrogen and oxygen atoms in total. The Bertz CT molecular complexity index is 896. The lowest BCUT2D eigenvalue weighted by atomic mass is 10.1. The molecule has 2 aromatic rings. The topological polar surface area (TPSA) is 99.3 Å². The van der Waals surface area contributed by atoms with E-state index in [-0.39, 0.29) is 36.3 Å². The number of benzene rings is 2. The van der Waals surface area contributed by atoms with E-state index in [1.54, 1.807) is 48.5 Å². The van der Waals surface area contributed by atoms with Crippen LogP contribution in [0.5, 0.6) is 0 Å². The molecule has 2 atom stereocenters. The smallest absolute Gasteiger partial charge is 0.251 e. The number of hydrogen-bond donors (Lipinski definition) is 4. The van der Waals surface area contributed by atoms with Crippen molar-refractivity contribution in [3.05, 3.63) is 59.7 Å². The summed E-state index contributed by atoms with van der Waals surface area (Å²) in [6.45, 7) is 7.97. The molecule has 0 fully saturated rings. The lowest BCUT2D eigenvalue weighted by Gasteiger charge is -2.13. The Morgan fingerprint density at radius 3 is 1.94 bits per heavy atom. The molecule has 3 amide bonds. The van der Waals surface area contributed by atoms with Gasteiger partial charge in [0.05, 0.1) is 6.54 Å². The van der Waals surface area contributed by atoms with Gasteiger partial charge in [-0.3, -0.25) is 14.4 Å². The van der Waals surface area contributed by atoms with Crippen LogP contribution in [0.25, 0.3) is 0 Å². The molecule has 4 N–H and O–H groups in total. The van der Waals surface area contributed by atoms with Crippen molar-refractivity contribution in [2.75, 3.05) is 17.2 Å². The Hall–Kier alpha value is -3.35. The Morgan fingerprint density at radius 2 is 1.35 bits per heavy atom. The molecule has 0 spiro atoms. The number of carbonyl (C=O) groups excluding carboxylic acids is 3. The van der Waals surface area contributed by atoms with Crippen LogP contribution in [0.3, 0.4) is 0 Å². The number of rotatable bonds is 10. The first-order chi connectivity index (χ1) is 14.8. The number of amides is 3. The van der Waals surface area contributed by atoms with Gasteiger partial charge in [0, 0.05) is 34.6 Å². The molecule has 2 aromatic carbocycles. The summed E-state index contributed by atoms with van der Waals surface area (Å²) in [5, 5.41) is 11.6. The Balaban J connectivity index is 1.87. The molecule has 166 valence electrons. The zero-order valence-corrected chi connectivity index (χ0v) is 18.6. The molecule has 0 bridgehead atoms. The Labute approximate surface area is 184 Å². The Morgan fingerprint density at radius 1 is 0.774 bits per heavy atom. The van der Waals surface area contributed by atoms with Gasteiger partial charge in [-0.15, -0.1) is 0 Å². The van der Waals surface area contributed by atoms with Crippen molar-refractivity contribution < 1.29 is 14.4 Å². The molecule has 7 heteroatoms. The predicted octanol–water partition coefficient (Wildman–Crippen LogP) is 3.79. The van der Waals surface area contributed by atoms with Crippen molar-refractivity contribution in [3.8, 4) is 0 Å². The van der Waals surface area contributed by atoms with E-state index in [1.165, 1.54) is 0 Å². The summed E-state index contributed by atoms with van der Waals surface area (Å²) < 4.78 is 0. The largest absolute Gasteiger partial charge is 0.376 e. The van der Waals surface area contributed by atoms with Gasteiger partial charge >= 0.3 is 0 Å². The normalized spacial score (nSPS) is 12.4. The predicted molar refractivity (Wildman–Crippen MR) is 124 cm³/mol. The molecule has 0 aromatic heterocycles. The third-order valence-electron chi connectivity index (χ3n) is 4.99. The van der Waals surface area contributed by atoms with Crippen LogP contribution in [0, 0.1) is 0 Å². The van der Waals surface area contributed by atoms with E-state index in [4.69, 9.17) is 0 Å². The van der Waals surface area contributed by atoms with Crippen molar-refractivity contribution in [2.24, 2.45) is 0 Å². The van der Waals surface area contributed by atoms with Gasteiger partial charge in [0.2, 0.25) is 5.91 Å². The van der Waals surface area contributed by atoms with Crippen LogP contribution in [0.1, 0.15) is 61.3 Å². The molecular weight excluding hydrogens is 392 g/mol. The third-order valence-corrected chi connectivity index (χ3v) is 4.99. The van der Waals surface area contributed by atoms with Gasteiger partial charge in [0.15, 0.2) is 0 Å². The maximum Gasteiger partial charge on any atom is 0.251 e. The number of carbonyl (C=O) groups is 3. The van der Waals surface area contributed by atoms with Gasteiger partial charge < -0.3 is 21.3 Å². The first-order valence-corrected chi connectivity index (χ1v) is 10.7. The van der Waals surface area contributed by atoms with E-state index in [0.29, 0.717) is 22.5 Å². The first-order valence-electron chi connectivity index (χ1n) is 10.7. The summed E-state index contributed by atoms with van der Waals surface area (Å²) in [5.41, 5.74) is 2.37. The standard InChI is InChI=1S/C24H32N4O3/c1-5-16(3)26-23(30)18-10-12-20(13-11-18)28-22(29)15-25-21-9-7-8-19(14-21)24(31)27-17(4)6-2/h7-14,16-17,25H,5-6,15H2,1-4H3,(H,26,30)(H,27,31)(H,28,29). The molecular formula is C24H32N4O3. The quantitative estimate of drug-likeness (QED) is 0.466. The van der Waals surface area contributed by atoms with Crippen LogP contribution in [0.4, 0.5) is 11.4 Å². The van der Waals surface area contributed by atoms with Crippen molar-refractivity contribution >= 4 is 29.1 Å². The van der Waals surface area contributed by atoms with Crippen molar-refractivity contribution in [2.45, 2.75) is 52.6 Å². The molecule has 31 heavy (non-hydrogen) atoms. The zero-order chi connectivity index (χ0) is 22.8. The summed E-state index contributed by atoms with van der Waals surface area (Å²) in [6, 6.07) is 14.0. The first kappa shape index (κ1) is 23.9. The van der Waals surface area contributed by atoms with Gasteiger partial charge in [0.25, 0.3) is 11.8 Å². The van der Waals surface area contributed by atoms with Crippen LogP contribution in [-0.2, 0) is 4.79 Å². The fourth-order valence-electron chi connectivity index (χ4n) is 2.68. The highest BCUT2D eigenvalue weighted by Gasteiger charge is 2.11. The molecule has 0 aliphatic heterocycles. The van der Waals surface area contributed by atoms with Gasteiger partial charge in [-0.2, -0.15) is 0 Å². The van der Waals surface area contributed by atoms with Crippen molar-refractivity contribution in [1.29, 1.82) is 0 Å². The summed E-state index contributed by atoms with van der Waals surface area (Å²) in [5.74, 6) is -0.502. The fourth-order valence-corrected chi connectivity index (χ4v) is 2.68. The second kappa shape index (κ2) is 11.7. The summed E-state index contributed by atoms with van der Waals surface area (Å²) >= 11 is 0. The average Bonchev–Trinajstić information content (AvgIpc) is 2.78. The summed E-state index contributed by atoms with van der Waals surface area (Å²) in [7, 11) is 0. The minimum atomic E-state index is -0.230. The lowest BCUT2D eigenvalue weighted by Crippen LogP contribution is -2.32. The van der Waals surface area contributed by atoms with Crippen LogP contribution in [-0.4, -0.2) is 36.3 Å². The van der Waals surface area contributed by atoms with Crippen molar-refractivity contribution in [3.63, 3.8) is 0 Å². The number of hydrogen-bond acceptors (Lipinski definition) is 4. The third kappa shape index (κ3) is 7.77. The summed E-state index contributed by atoms with van der Waals surface area (Å²) in [6.07, 6.45) is 1.71. The number of anilines is 2. The molecule has 0 aliphatic carbocycles. The van der Waals surface area contributed by atoms with E-state index in [0.717, 1.165) is 12.8 Å². The Kier molecular flexibility index (Phi) is 9.06. The van der Waals surface area contributed by atoms with Crippen LogP contribution >= 0.6 is 0 Å². The fraction of sp³-hybridized carbons (Fsp3) is 0.375. The van der Waals surface area contributed by atoms with Gasteiger partial charge in [0.1, 0.15) is 0 Å². The highest BCUT2D eigenvalue weighted by Crippen LogP contribution is 2.12. The highest BCUT2D eigenvalue weighted by molar-refractivity contribution is 5.97. The van der Waals surface area contributed by atoms with Crippen LogP contribution < -0.4 is 21.3 Å². The second-order valence-electron chi connectivity index (χ2n) is 7.63. The molecule has 0 saturated carbocycles. The minimum absolute atomic E-state index is 0.0483. The zero-order valence-electron chi connectivity index (χ0n) is 18.6. The van der Waals surface area contributed by atoms with Crippen LogP contribution in [0.2, 0.25) is 0 Å². The second-order valence-corrected chi connectivity index (χ2v) is 7.63. The molecule has 2 unspecified atom stereocenters. The van der Waals surface area contributed by atoms with Gasteiger partial charge in [-0.1, -0.05) is 19.9 Å². The van der Waals surface area contributed by atoms with Crippen molar-refractivity contribution in [1.82, 2.24) is 10.6 Å². The summed E-state index contributed by atoms with van der Waals surface area (Å²) in [4.78, 5) is 36.6. The highest BCUT2D eigenvalue weighted by atomic mass is 16.2. The number of nitrogens with one attached hydrogen (secondary N) is 4. The van der Waals surface area contributed by atoms with E-state index in [2.05, 4.69) is 21.3 Å². The van der Waals surface area contributed by atoms with Crippen LogP contribution in [0.15, 0.2) is 48.5 Å². The monoisotopic (exact) mass is 424 g/mol. The van der Waals surface area contributed by atoms with E-state index in [9.17, 15) is 14.4 Å². The molecule has 2 rings (SSSR count). The maximum absolute atomic E-state index is 12.3. The molecule has 0 heterocycles. The van der Waals surface area contributed by atoms with E-state index in [1.807, 2.05) is 27.7 Å². The van der Waals surface area contributed by atoms with Gasteiger partial charge in [-0.25, -0.2) is 0 Å². The lowest BCUT2D eigenvalue weighted by molar-refractivity contribution is -0.114. The van der Waals surface area contributed by atoms with Gasteiger partial charge in [-0.05, 0) is 69.2 Å². The minimum Gasteiger partial charge on any atom is -0.376 e.